The molecule has 0 aliphatic heterocycles. The van der Waals surface area contributed by atoms with Crippen molar-refractivity contribution in [2.24, 2.45) is 0 Å². The van der Waals surface area contributed by atoms with Crippen LogP contribution in [-0.2, 0) is 4.79 Å². The molecule has 10 heteroatoms. The number of nitrogens with one attached hydrogen (secondary N) is 3. The highest BCUT2D eigenvalue weighted by Gasteiger charge is 2.17. The molecule has 0 spiro atoms. The van der Waals surface area contributed by atoms with E-state index in [9.17, 15) is 4.79 Å². The van der Waals surface area contributed by atoms with Gasteiger partial charge in [0.25, 0.3) is 0 Å². The van der Waals surface area contributed by atoms with Crippen LogP contribution in [0.4, 0.5) is 5.69 Å². The molecular weight excluding hydrogens is 444 g/mol. The Bertz CT molecular complexity index is 1670. The average molecular weight is 464 g/mol. The standard InChI is InChI=1S/C25H20N8O2/c1-2-3-20(34)29-17-8-15(10-26-12-17)16-9-19-22(32-33-23(19)28-11-16)25-30-21-18(14-5-7-35-13-14)4-6-27-24(21)31-25/h4-13H,2-3H2,1H3,(H,29,34)(H,27,30,31)(H,28,32,33). The number of carbonyl (C=O) groups excluding carboxylic acids is 1. The highest BCUT2D eigenvalue weighted by Crippen LogP contribution is 2.32. The zero-order valence-corrected chi connectivity index (χ0v) is 18.7. The minimum absolute atomic E-state index is 0.0366. The van der Waals surface area contributed by atoms with Gasteiger partial charge in [0.05, 0.1) is 29.8 Å². The minimum atomic E-state index is -0.0366. The Hall–Kier alpha value is -4.86. The molecule has 0 bridgehead atoms. The van der Waals surface area contributed by atoms with Gasteiger partial charge in [-0.2, -0.15) is 5.10 Å². The van der Waals surface area contributed by atoms with Crippen LogP contribution in [0, 0.1) is 0 Å². The molecule has 6 aromatic heterocycles. The number of furan rings is 1. The molecule has 0 aliphatic rings. The normalized spacial score (nSPS) is 11.3. The SMILES string of the molecule is CCCC(=O)Nc1cncc(-c2cnc3[nH]nc(-c4nc5c(-c6ccoc6)ccnc5[nH]4)c3c2)c1. The quantitative estimate of drug-likeness (QED) is 0.317. The lowest BCUT2D eigenvalue weighted by atomic mass is 10.1. The molecule has 0 atom stereocenters. The van der Waals surface area contributed by atoms with Crippen molar-refractivity contribution >= 4 is 33.8 Å². The Morgan fingerprint density at radius 2 is 1.97 bits per heavy atom. The largest absolute Gasteiger partial charge is 0.472 e. The number of carbonyl (C=O) groups is 1. The molecular formula is C25H20N8O2. The number of anilines is 1. The molecule has 0 fully saturated rings. The van der Waals surface area contributed by atoms with Crippen molar-refractivity contribution in [1.29, 1.82) is 0 Å². The molecule has 1 amide bonds. The van der Waals surface area contributed by atoms with E-state index in [1.54, 1.807) is 37.3 Å². The summed E-state index contributed by atoms with van der Waals surface area (Å²) in [4.78, 5) is 33.3. The number of aromatic amines is 2. The number of fused-ring (bicyclic) bond motifs is 2. The van der Waals surface area contributed by atoms with Crippen molar-refractivity contribution < 1.29 is 9.21 Å². The van der Waals surface area contributed by atoms with E-state index in [-0.39, 0.29) is 5.91 Å². The first-order valence-corrected chi connectivity index (χ1v) is 11.2. The molecule has 10 nitrogen and oxygen atoms in total. The van der Waals surface area contributed by atoms with Crippen LogP contribution in [0.1, 0.15) is 19.8 Å². The minimum Gasteiger partial charge on any atom is -0.472 e. The van der Waals surface area contributed by atoms with E-state index in [4.69, 9.17) is 9.40 Å². The number of H-pyrrole nitrogens is 2. The molecule has 6 heterocycles. The molecule has 0 aliphatic carbocycles. The lowest BCUT2D eigenvalue weighted by molar-refractivity contribution is -0.116. The highest BCUT2D eigenvalue weighted by molar-refractivity contribution is 5.96. The van der Waals surface area contributed by atoms with E-state index in [1.807, 2.05) is 31.2 Å². The van der Waals surface area contributed by atoms with Crippen molar-refractivity contribution in [2.75, 3.05) is 5.32 Å². The summed E-state index contributed by atoms with van der Waals surface area (Å²) < 4.78 is 5.24. The molecule has 6 aromatic rings. The number of aromatic nitrogens is 7. The summed E-state index contributed by atoms with van der Waals surface area (Å²) in [6, 6.07) is 7.65. The predicted octanol–water partition coefficient (Wildman–Crippen LogP) is 4.96. The fraction of sp³-hybridized carbons (Fsp3) is 0.120. The van der Waals surface area contributed by atoms with Gasteiger partial charge in [-0.3, -0.25) is 14.9 Å². The third-order valence-electron chi connectivity index (χ3n) is 5.69. The van der Waals surface area contributed by atoms with E-state index in [0.717, 1.165) is 39.6 Å². The lowest BCUT2D eigenvalue weighted by Crippen LogP contribution is -2.10. The molecule has 3 N–H and O–H groups in total. The van der Waals surface area contributed by atoms with Crippen LogP contribution in [-0.4, -0.2) is 41.0 Å². The van der Waals surface area contributed by atoms with Gasteiger partial charge in [0.15, 0.2) is 17.1 Å². The summed E-state index contributed by atoms with van der Waals surface area (Å²) in [6.07, 6.45) is 11.4. The summed E-state index contributed by atoms with van der Waals surface area (Å²) in [6.45, 7) is 1.97. The molecule has 0 aromatic carbocycles. The van der Waals surface area contributed by atoms with E-state index >= 15 is 0 Å². The van der Waals surface area contributed by atoms with Gasteiger partial charge in [0.1, 0.15) is 11.2 Å². The smallest absolute Gasteiger partial charge is 0.224 e. The van der Waals surface area contributed by atoms with Gasteiger partial charge >= 0.3 is 0 Å². The summed E-state index contributed by atoms with van der Waals surface area (Å²) in [5.74, 6) is 0.540. The maximum Gasteiger partial charge on any atom is 0.224 e. The number of hydrogen-bond donors (Lipinski definition) is 3. The van der Waals surface area contributed by atoms with Gasteiger partial charge in [0, 0.05) is 47.3 Å². The molecule has 6 rings (SSSR count). The maximum atomic E-state index is 12.0. The highest BCUT2D eigenvalue weighted by atomic mass is 16.3. The first kappa shape index (κ1) is 20.7. The predicted molar refractivity (Wildman–Crippen MR) is 131 cm³/mol. The Morgan fingerprint density at radius 1 is 1.06 bits per heavy atom. The first-order chi connectivity index (χ1) is 17.2. The van der Waals surface area contributed by atoms with Crippen LogP contribution in [0.5, 0.6) is 0 Å². The lowest BCUT2D eigenvalue weighted by Gasteiger charge is -2.07. The van der Waals surface area contributed by atoms with Crippen molar-refractivity contribution in [3.05, 3.63) is 61.6 Å². The maximum absolute atomic E-state index is 12.0. The number of rotatable bonds is 6. The Labute approximate surface area is 198 Å². The second-order valence-corrected chi connectivity index (χ2v) is 8.11. The second kappa shape index (κ2) is 8.49. The van der Waals surface area contributed by atoms with Gasteiger partial charge < -0.3 is 14.7 Å². The zero-order chi connectivity index (χ0) is 23.8. The Morgan fingerprint density at radius 3 is 2.83 bits per heavy atom. The summed E-state index contributed by atoms with van der Waals surface area (Å²) in [7, 11) is 0. The first-order valence-electron chi connectivity index (χ1n) is 11.2. The van der Waals surface area contributed by atoms with Crippen molar-refractivity contribution in [1.82, 2.24) is 35.1 Å². The third kappa shape index (κ3) is 3.80. The zero-order valence-electron chi connectivity index (χ0n) is 18.7. The van der Waals surface area contributed by atoms with Gasteiger partial charge in [-0.25, -0.2) is 15.0 Å². The number of pyridine rings is 3. The molecule has 35 heavy (non-hydrogen) atoms. The summed E-state index contributed by atoms with van der Waals surface area (Å²) in [5.41, 5.74) is 6.79. The van der Waals surface area contributed by atoms with Gasteiger partial charge in [0.2, 0.25) is 5.91 Å². The van der Waals surface area contributed by atoms with Gasteiger partial charge in [-0.15, -0.1) is 0 Å². The fourth-order valence-electron chi connectivity index (χ4n) is 4.03. The van der Waals surface area contributed by atoms with Crippen LogP contribution < -0.4 is 5.32 Å². The molecule has 0 unspecified atom stereocenters. The van der Waals surface area contributed by atoms with Gasteiger partial charge in [-0.05, 0) is 30.7 Å². The second-order valence-electron chi connectivity index (χ2n) is 8.11. The fourth-order valence-corrected chi connectivity index (χ4v) is 4.03. The molecule has 0 saturated carbocycles. The Kier molecular flexibility index (Phi) is 5.03. The molecule has 0 radical (unpaired) electrons. The number of amides is 1. The van der Waals surface area contributed by atoms with Crippen molar-refractivity contribution in [2.45, 2.75) is 19.8 Å². The Balaban J connectivity index is 1.40. The summed E-state index contributed by atoms with van der Waals surface area (Å²) in [5, 5.41) is 11.1. The van der Waals surface area contributed by atoms with Crippen LogP contribution in [0.2, 0.25) is 0 Å². The number of nitrogens with zero attached hydrogens (tertiary/aromatic N) is 5. The van der Waals surface area contributed by atoms with E-state index in [2.05, 4.69) is 35.5 Å². The average Bonchev–Trinajstić information content (AvgIpc) is 3.63. The monoisotopic (exact) mass is 464 g/mol. The van der Waals surface area contributed by atoms with Crippen molar-refractivity contribution in [3.8, 4) is 33.8 Å². The number of imidazole rings is 1. The van der Waals surface area contributed by atoms with Gasteiger partial charge in [-0.1, -0.05) is 6.92 Å². The van der Waals surface area contributed by atoms with Crippen LogP contribution in [0.25, 0.3) is 56.0 Å². The molecule has 172 valence electrons. The third-order valence-corrected chi connectivity index (χ3v) is 5.69. The topological polar surface area (TPSA) is 138 Å². The van der Waals surface area contributed by atoms with E-state index < -0.39 is 0 Å². The van der Waals surface area contributed by atoms with E-state index in [1.165, 1.54) is 0 Å². The summed E-state index contributed by atoms with van der Waals surface area (Å²) >= 11 is 0. The molecule has 0 saturated heterocycles. The van der Waals surface area contributed by atoms with E-state index in [0.29, 0.717) is 34.9 Å². The van der Waals surface area contributed by atoms with Crippen LogP contribution in [0.15, 0.2) is 66.0 Å². The van der Waals surface area contributed by atoms with Crippen molar-refractivity contribution in [3.63, 3.8) is 0 Å². The van der Waals surface area contributed by atoms with Crippen LogP contribution >= 0.6 is 0 Å². The number of hydrogen-bond acceptors (Lipinski definition) is 7. The van der Waals surface area contributed by atoms with Crippen LogP contribution in [0.3, 0.4) is 0 Å².